The second-order valence-corrected chi connectivity index (χ2v) is 4.82. The van der Waals surface area contributed by atoms with Gasteiger partial charge in [0.1, 0.15) is 11.6 Å². The third-order valence-corrected chi connectivity index (χ3v) is 3.33. The smallest absolute Gasteiger partial charge is 0.308 e. The van der Waals surface area contributed by atoms with Crippen molar-refractivity contribution in [2.45, 2.75) is 13.8 Å². The van der Waals surface area contributed by atoms with Crippen LogP contribution in [0.5, 0.6) is 5.75 Å². The van der Waals surface area contributed by atoms with Crippen molar-refractivity contribution in [3.05, 3.63) is 30.5 Å². The first kappa shape index (κ1) is 14.1. The van der Waals surface area contributed by atoms with Crippen LogP contribution in [0.1, 0.15) is 13.8 Å². The van der Waals surface area contributed by atoms with Gasteiger partial charge in [-0.3, -0.25) is 4.79 Å². The van der Waals surface area contributed by atoms with E-state index in [2.05, 4.69) is 4.98 Å². The zero-order valence-corrected chi connectivity index (χ0v) is 11.6. The molecule has 0 aliphatic carbocycles. The molecule has 2 rings (SSSR count). The Morgan fingerprint density at radius 1 is 1.40 bits per heavy atom. The highest BCUT2D eigenvalue weighted by atomic mass is 16.4. The van der Waals surface area contributed by atoms with Gasteiger partial charge < -0.3 is 15.1 Å². The van der Waals surface area contributed by atoms with Gasteiger partial charge in [-0.05, 0) is 30.5 Å². The summed E-state index contributed by atoms with van der Waals surface area (Å²) >= 11 is 0. The van der Waals surface area contributed by atoms with Gasteiger partial charge >= 0.3 is 5.97 Å². The minimum Gasteiger partial charge on any atom is -0.508 e. The van der Waals surface area contributed by atoms with Crippen LogP contribution in [0.2, 0.25) is 0 Å². The van der Waals surface area contributed by atoms with E-state index in [-0.39, 0.29) is 5.75 Å². The van der Waals surface area contributed by atoms with Gasteiger partial charge in [0.25, 0.3) is 0 Å². The number of aromatic nitrogens is 1. The highest BCUT2D eigenvalue weighted by Crippen LogP contribution is 2.28. The fraction of sp³-hybridized carbons (Fsp3) is 0.333. The number of hydrogen-bond donors (Lipinski definition) is 2. The number of anilines is 1. The number of rotatable bonds is 5. The van der Waals surface area contributed by atoms with Crippen LogP contribution in [-0.2, 0) is 4.79 Å². The van der Waals surface area contributed by atoms with Crippen molar-refractivity contribution >= 4 is 22.6 Å². The van der Waals surface area contributed by atoms with Crippen LogP contribution in [0.15, 0.2) is 30.5 Å². The minimum absolute atomic E-state index is 0.175. The van der Waals surface area contributed by atoms with Crippen molar-refractivity contribution in [3.63, 3.8) is 0 Å². The molecule has 1 unspecified atom stereocenters. The number of carboxylic acids is 1. The quantitative estimate of drug-likeness (QED) is 0.876. The van der Waals surface area contributed by atoms with E-state index in [1.807, 2.05) is 24.0 Å². The molecule has 5 heteroatoms. The Kier molecular flexibility index (Phi) is 4.08. The van der Waals surface area contributed by atoms with E-state index in [0.29, 0.717) is 18.9 Å². The van der Waals surface area contributed by atoms with E-state index < -0.39 is 11.9 Å². The first-order valence-electron chi connectivity index (χ1n) is 6.58. The molecule has 0 radical (unpaired) electrons. The summed E-state index contributed by atoms with van der Waals surface area (Å²) in [6, 6.07) is 6.98. The molecule has 106 valence electrons. The number of pyridine rings is 1. The molecular formula is C15H18N2O3. The number of hydrogen-bond acceptors (Lipinski definition) is 4. The lowest BCUT2D eigenvalue weighted by Crippen LogP contribution is -2.32. The van der Waals surface area contributed by atoms with Gasteiger partial charge in [0.15, 0.2) is 0 Å². The van der Waals surface area contributed by atoms with Gasteiger partial charge in [0.05, 0.1) is 5.92 Å². The van der Waals surface area contributed by atoms with Crippen LogP contribution in [0.4, 0.5) is 5.82 Å². The molecule has 0 aliphatic heterocycles. The molecule has 0 aliphatic rings. The summed E-state index contributed by atoms with van der Waals surface area (Å²) in [5.41, 5.74) is 0. The van der Waals surface area contributed by atoms with Gasteiger partial charge in [-0.1, -0.05) is 13.0 Å². The highest BCUT2D eigenvalue weighted by molar-refractivity contribution is 5.93. The second kappa shape index (κ2) is 5.77. The molecule has 5 nitrogen and oxygen atoms in total. The predicted octanol–water partition coefficient (Wildman–Crippen LogP) is 2.49. The Bertz CT molecular complexity index is 628. The maximum Gasteiger partial charge on any atom is 0.308 e. The third-order valence-electron chi connectivity index (χ3n) is 3.33. The maximum atomic E-state index is 11.0. The molecule has 2 N–H and O–H groups in total. The summed E-state index contributed by atoms with van der Waals surface area (Å²) in [6.45, 7) is 4.67. The maximum absolute atomic E-state index is 11.0. The fourth-order valence-electron chi connectivity index (χ4n) is 2.17. The zero-order valence-electron chi connectivity index (χ0n) is 11.6. The first-order valence-corrected chi connectivity index (χ1v) is 6.58. The van der Waals surface area contributed by atoms with Crippen molar-refractivity contribution in [2.75, 3.05) is 18.0 Å². The predicted molar refractivity (Wildman–Crippen MR) is 78.1 cm³/mol. The van der Waals surface area contributed by atoms with Crippen LogP contribution in [0, 0.1) is 5.92 Å². The Morgan fingerprint density at radius 2 is 2.15 bits per heavy atom. The molecular weight excluding hydrogens is 256 g/mol. The lowest BCUT2D eigenvalue weighted by Gasteiger charge is -2.25. The topological polar surface area (TPSA) is 73.7 Å². The molecule has 0 amide bonds. The summed E-state index contributed by atoms with van der Waals surface area (Å²) in [4.78, 5) is 17.3. The Balaban J connectivity index is 2.43. The molecule has 20 heavy (non-hydrogen) atoms. The van der Waals surface area contributed by atoms with Crippen molar-refractivity contribution in [1.29, 1.82) is 0 Å². The lowest BCUT2D eigenvalue weighted by molar-refractivity contribution is -0.140. The van der Waals surface area contributed by atoms with Crippen LogP contribution >= 0.6 is 0 Å². The van der Waals surface area contributed by atoms with Crippen LogP contribution in [0.25, 0.3) is 10.8 Å². The van der Waals surface area contributed by atoms with Crippen LogP contribution < -0.4 is 4.90 Å². The third kappa shape index (κ3) is 2.82. The summed E-state index contributed by atoms with van der Waals surface area (Å²) in [6.07, 6.45) is 1.70. The second-order valence-electron chi connectivity index (χ2n) is 4.82. The fourth-order valence-corrected chi connectivity index (χ4v) is 2.17. The molecule has 0 saturated carbocycles. The molecule has 1 atom stereocenters. The Morgan fingerprint density at radius 3 is 2.80 bits per heavy atom. The average molecular weight is 274 g/mol. The number of phenolic OH excluding ortho intramolecular Hbond substituents is 1. The lowest BCUT2D eigenvalue weighted by atomic mass is 10.1. The molecule has 0 saturated heterocycles. The average Bonchev–Trinajstić information content (AvgIpc) is 2.43. The monoisotopic (exact) mass is 274 g/mol. The summed E-state index contributed by atoms with van der Waals surface area (Å²) in [5.74, 6) is -0.432. The van der Waals surface area contributed by atoms with Gasteiger partial charge in [-0.2, -0.15) is 0 Å². The van der Waals surface area contributed by atoms with Crippen molar-refractivity contribution in [1.82, 2.24) is 4.98 Å². The van der Waals surface area contributed by atoms with E-state index in [1.165, 1.54) is 0 Å². The molecule has 2 aromatic rings. The molecule has 1 aromatic heterocycles. The number of phenols is 1. The normalized spacial score (nSPS) is 12.3. The molecule has 1 aromatic carbocycles. The number of fused-ring (bicyclic) bond motifs is 1. The van der Waals surface area contributed by atoms with E-state index in [0.717, 1.165) is 10.8 Å². The number of carboxylic acid groups (broad SMARTS) is 1. The largest absolute Gasteiger partial charge is 0.508 e. The van der Waals surface area contributed by atoms with E-state index in [1.54, 1.807) is 25.3 Å². The van der Waals surface area contributed by atoms with Gasteiger partial charge in [0, 0.05) is 24.7 Å². The molecule has 1 heterocycles. The van der Waals surface area contributed by atoms with Gasteiger partial charge in [-0.25, -0.2) is 4.98 Å². The Labute approximate surface area is 117 Å². The SMILES string of the molecule is CCN(CC(C)C(=O)O)c1nccc2ccc(O)cc12. The number of carbonyl (C=O) groups is 1. The molecule has 0 bridgehead atoms. The summed E-state index contributed by atoms with van der Waals surface area (Å²) in [7, 11) is 0. The number of benzene rings is 1. The van der Waals surface area contributed by atoms with Crippen molar-refractivity contribution < 1.29 is 15.0 Å². The zero-order chi connectivity index (χ0) is 14.7. The van der Waals surface area contributed by atoms with Crippen LogP contribution in [-0.4, -0.2) is 34.3 Å². The highest BCUT2D eigenvalue weighted by Gasteiger charge is 2.18. The van der Waals surface area contributed by atoms with Crippen LogP contribution in [0.3, 0.4) is 0 Å². The minimum atomic E-state index is -0.827. The molecule has 0 fully saturated rings. The summed E-state index contributed by atoms with van der Waals surface area (Å²) < 4.78 is 0. The molecule has 0 spiro atoms. The van der Waals surface area contributed by atoms with E-state index in [4.69, 9.17) is 5.11 Å². The Hall–Kier alpha value is -2.30. The number of nitrogens with zero attached hydrogens (tertiary/aromatic N) is 2. The standard InChI is InChI=1S/C15H18N2O3/c1-3-17(9-10(2)15(19)20)14-13-8-12(18)5-4-11(13)6-7-16-14/h4-8,10,18H,3,9H2,1-2H3,(H,19,20). The van der Waals surface area contributed by atoms with Gasteiger partial charge in [-0.15, -0.1) is 0 Å². The number of aromatic hydroxyl groups is 1. The van der Waals surface area contributed by atoms with Gasteiger partial charge in [0.2, 0.25) is 0 Å². The van der Waals surface area contributed by atoms with E-state index >= 15 is 0 Å². The summed E-state index contributed by atoms with van der Waals surface area (Å²) in [5, 5.41) is 20.5. The number of aliphatic carboxylic acids is 1. The first-order chi connectivity index (χ1) is 9.52. The van der Waals surface area contributed by atoms with Crippen molar-refractivity contribution in [2.24, 2.45) is 5.92 Å². The van der Waals surface area contributed by atoms with Crippen molar-refractivity contribution in [3.8, 4) is 5.75 Å². The van der Waals surface area contributed by atoms with E-state index in [9.17, 15) is 9.90 Å².